The number of carbonyl (C=O) groups is 1. The van der Waals surface area contributed by atoms with Crippen molar-refractivity contribution < 1.29 is 9.53 Å². The van der Waals surface area contributed by atoms with Crippen LogP contribution in [0.25, 0.3) is 0 Å². The van der Waals surface area contributed by atoms with Gasteiger partial charge in [-0.15, -0.1) is 0 Å². The fourth-order valence-corrected chi connectivity index (χ4v) is 2.42. The molecule has 3 heteroatoms. The summed E-state index contributed by atoms with van der Waals surface area (Å²) in [5.41, 5.74) is 3.37. The van der Waals surface area contributed by atoms with Crippen LogP contribution in [0.3, 0.4) is 0 Å². The van der Waals surface area contributed by atoms with Gasteiger partial charge in [0.2, 0.25) is 0 Å². The maximum Gasteiger partial charge on any atom is 0.257 e. The Morgan fingerprint density at radius 1 is 1.15 bits per heavy atom. The van der Waals surface area contributed by atoms with Crippen molar-refractivity contribution in [1.29, 1.82) is 0 Å². The Balaban J connectivity index is 2.49. The molecule has 3 nitrogen and oxygen atoms in total. The second-order valence-electron chi connectivity index (χ2n) is 5.50. The van der Waals surface area contributed by atoms with E-state index < -0.39 is 0 Å². The van der Waals surface area contributed by atoms with Crippen molar-refractivity contribution >= 4 is 5.91 Å². The summed E-state index contributed by atoms with van der Waals surface area (Å²) in [4.78, 5) is 11.8. The molecular formula is C17H27NO2. The van der Waals surface area contributed by atoms with Crippen LogP contribution in [-0.4, -0.2) is 19.1 Å². The molecule has 1 N–H and O–H groups in total. The van der Waals surface area contributed by atoms with Gasteiger partial charge in [-0.2, -0.15) is 0 Å². The van der Waals surface area contributed by atoms with Crippen LogP contribution in [0.4, 0.5) is 0 Å². The lowest BCUT2D eigenvalue weighted by Gasteiger charge is -2.15. The summed E-state index contributed by atoms with van der Waals surface area (Å²) in [6.45, 7) is 11.2. The molecule has 0 radical (unpaired) electrons. The van der Waals surface area contributed by atoms with Crippen LogP contribution in [0.1, 0.15) is 43.4 Å². The molecule has 0 bridgehead atoms. The molecule has 112 valence electrons. The molecule has 1 aromatic rings. The normalized spacial score (nSPS) is 10.7. The zero-order valence-electron chi connectivity index (χ0n) is 13.4. The third-order valence-corrected chi connectivity index (χ3v) is 3.69. The zero-order chi connectivity index (χ0) is 15.1. The van der Waals surface area contributed by atoms with Gasteiger partial charge < -0.3 is 10.1 Å². The molecule has 0 unspecified atom stereocenters. The Labute approximate surface area is 122 Å². The standard InChI is InChI=1S/C17H27NO2/c1-6-15(7-2)10-18-16(19)11-20-17-13(4)8-12(3)9-14(17)5/h8-9,15H,6-7,10-11H2,1-5H3,(H,18,19). The number of hydrogen-bond acceptors (Lipinski definition) is 2. The van der Waals surface area contributed by atoms with Crippen molar-refractivity contribution in [1.82, 2.24) is 5.32 Å². The molecule has 1 amide bonds. The minimum Gasteiger partial charge on any atom is -0.483 e. The van der Waals surface area contributed by atoms with Gasteiger partial charge in [-0.05, 0) is 37.8 Å². The van der Waals surface area contributed by atoms with Crippen LogP contribution >= 0.6 is 0 Å². The molecule has 0 saturated heterocycles. The topological polar surface area (TPSA) is 38.3 Å². The largest absolute Gasteiger partial charge is 0.483 e. The van der Waals surface area contributed by atoms with Gasteiger partial charge in [0.05, 0.1) is 0 Å². The summed E-state index contributed by atoms with van der Waals surface area (Å²) in [7, 11) is 0. The second kappa shape index (κ2) is 7.93. The number of aryl methyl sites for hydroxylation is 3. The summed E-state index contributed by atoms with van der Waals surface area (Å²) in [6.07, 6.45) is 2.18. The molecule has 0 saturated carbocycles. The highest BCUT2D eigenvalue weighted by Crippen LogP contribution is 2.24. The zero-order valence-corrected chi connectivity index (χ0v) is 13.4. The number of nitrogens with one attached hydrogen (secondary N) is 1. The first kappa shape index (κ1) is 16.5. The molecule has 1 aromatic carbocycles. The number of amides is 1. The number of ether oxygens (including phenoxy) is 1. The van der Waals surface area contributed by atoms with Gasteiger partial charge in [0, 0.05) is 6.54 Å². The molecule has 20 heavy (non-hydrogen) atoms. The Hall–Kier alpha value is -1.51. The Morgan fingerprint density at radius 2 is 1.70 bits per heavy atom. The maximum atomic E-state index is 11.8. The SMILES string of the molecule is CCC(CC)CNC(=O)COc1c(C)cc(C)cc1C. The highest BCUT2D eigenvalue weighted by atomic mass is 16.5. The average molecular weight is 277 g/mol. The van der Waals surface area contributed by atoms with Gasteiger partial charge in [-0.25, -0.2) is 0 Å². The average Bonchev–Trinajstić information content (AvgIpc) is 2.38. The van der Waals surface area contributed by atoms with Crippen LogP contribution < -0.4 is 10.1 Å². The molecule has 0 fully saturated rings. The minimum absolute atomic E-state index is 0.0451. The van der Waals surface area contributed by atoms with E-state index in [1.165, 1.54) is 5.56 Å². The molecule has 0 aliphatic rings. The van der Waals surface area contributed by atoms with Crippen LogP contribution in [0.15, 0.2) is 12.1 Å². The van der Waals surface area contributed by atoms with E-state index in [0.29, 0.717) is 5.92 Å². The van der Waals surface area contributed by atoms with Gasteiger partial charge in [-0.1, -0.05) is 44.4 Å². The van der Waals surface area contributed by atoms with Crippen LogP contribution in [-0.2, 0) is 4.79 Å². The van der Waals surface area contributed by atoms with Gasteiger partial charge in [0.15, 0.2) is 6.61 Å². The number of rotatable bonds is 7. The number of hydrogen-bond donors (Lipinski definition) is 1. The first-order chi connectivity index (χ1) is 9.47. The van der Waals surface area contributed by atoms with E-state index in [0.717, 1.165) is 36.3 Å². The highest BCUT2D eigenvalue weighted by Gasteiger charge is 2.10. The van der Waals surface area contributed by atoms with Gasteiger partial charge in [0.25, 0.3) is 5.91 Å². The van der Waals surface area contributed by atoms with Crippen molar-refractivity contribution in [3.05, 3.63) is 28.8 Å². The second-order valence-corrected chi connectivity index (χ2v) is 5.50. The Bertz CT molecular complexity index is 427. The third kappa shape index (κ3) is 4.87. The number of benzene rings is 1. The van der Waals surface area contributed by atoms with Crippen molar-refractivity contribution in [2.24, 2.45) is 5.92 Å². The summed E-state index contributed by atoms with van der Waals surface area (Å²) in [6, 6.07) is 4.15. The summed E-state index contributed by atoms with van der Waals surface area (Å²) in [5, 5.41) is 2.94. The van der Waals surface area contributed by atoms with Crippen molar-refractivity contribution in [2.45, 2.75) is 47.5 Å². The van der Waals surface area contributed by atoms with Crippen molar-refractivity contribution in [3.8, 4) is 5.75 Å². The molecule has 0 aromatic heterocycles. The fraction of sp³-hybridized carbons (Fsp3) is 0.588. The quantitative estimate of drug-likeness (QED) is 0.828. The van der Waals surface area contributed by atoms with E-state index in [1.54, 1.807) is 0 Å². The minimum atomic E-state index is -0.0451. The monoisotopic (exact) mass is 277 g/mol. The lowest BCUT2D eigenvalue weighted by Crippen LogP contribution is -2.33. The van der Waals surface area contributed by atoms with Gasteiger partial charge in [-0.3, -0.25) is 4.79 Å². The maximum absolute atomic E-state index is 11.8. The lowest BCUT2D eigenvalue weighted by atomic mass is 10.0. The molecule has 0 spiro atoms. The summed E-state index contributed by atoms with van der Waals surface area (Å²) >= 11 is 0. The third-order valence-electron chi connectivity index (χ3n) is 3.69. The predicted octanol–water partition coefficient (Wildman–Crippen LogP) is 3.54. The lowest BCUT2D eigenvalue weighted by molar-refractivity contribution is -0.123. The highest BCUT2D eigenvalue weighted by molar-refractivity contribution is 5.77. The van der Waals surface area contributed by atoms with E-state index in [2.05, 4.69) is 38.2 Å². The molecule has 0 aliphatic heterocycles. The summed E-state index contributed by atoms with van der Waals surface area (Å²) in [5.74, 6) is 1.34. The molecular weight excluding hydrogens is 250 g/mol. The first-order valence-corrected chi connectivity index (χ1v) is 7.45. The smallest absolute Gasteiger partial charge is 0.257 e. The van der Waals surface area contributed by atoms with E-state index in [1.807, 2.05) is 13.8 Å². The molecule has 1 rings (SSSR count). The predicted molar refractivity (Wildman–Crippen MR) is 83.2 cm³/mol. The van der Waals surface area contributed by atoms with Gasteiger partial charge in [0.1, 0.15) is 5.75 Å². The Kier molecular flexibility index (Phi) is 6.56. The van der Waals surface area contributed by atoms with Crippen LogP contribution in [0.2, 0.25) is 0 Å². The van der Waals surface area contributed by atoms with E-state index in [4.69, 9.17) is 4.74 Å². The molecule has 0 aliphatic carbocycles. The first-order valence-electron chi connectivity index (χ1n) is 7.45. The summed E-state index contributed by atoms with van der Waals surface area (Å²) < 4.78 is 5.67. The van der Waals surface area contributed by atoms with E-state index in [9.17, 15) is 4.79 Å². The van der Waals surface area contributed by atoms with Crippen LogP contribution in [0.5, 0.6) is 5.75 Å². The van der Waals surface area contributed by atoms with E-state index in [-0.39, 0.29) is 12.5 Å². The van der Waals surface area contributed by atoms with E-state index >= 15 is 0 Å². The van der Waals surface area contributed by atoms with Crippen LogP contribution in [0, 0.1) is 26.7 Å². The fourth-order valence-electron chi connectivity index (χ4n) is 2.42. The van der Waals surface area contributed by atoms with Crippen molar-refractivity contribution in [2.75, 3.05) is 13.2 Å². The van der Waals surface area contributed by atoms with Gasteiger partial charge >= 0.3 is 0 Å². The molecule has 0 heterocycles. The Morgan fingerprint density at radius 3 is 2.20 bits per heavy atom. The van der Waals surface area contributed by atoms with Crippen molar-refractivity contribution in [3.63, 3.8) is 0 Å². The molecule has 0 atom stereocenters. The number of carbonyl (C=O) groups excluding carboxylic acids is 1.